The Morgan fingerprint density at radius 2 is 1.86 bits per heavy atom. The minimum absolute atomic E-state index is 0.123. The van der Waals surface area contributed by atoms with Crippen molar-refractivity contribution in [3.05, 3.63) is 65.9 Å². The molecule has 0 aliphatic carbocycles. The summed E-state index contributed by atoms with van der Waals surface area (Å²) >= 11 is 1.27. The van der Waals surface area contributed by atoms with E-state index < -0.39 is 16.1 Å². The lowest BCUT2D eigenvalue weighted by Crippen LogP contribution is -2.34. The lowest BCUT2D eigenvalue weighted by Gasteiger charge is -2.08. The van der Waals surface area contributed by atoms with Crippen LogP contribution in [0.15, 0.2) is 66.0 Å². The Kier molecular flexibility index (Phi) is 4.57. The van der Waals surface area contributed by atoms with E-state index in [1.807, 2.05) is 42.0 Å². The molecule has 4 rings (SSSR count). The van der Waals surface area contributed by atoms with E-state index >= 15 is 0 Å². The second-order valence-electron chi connectivity index (χ2n) is 5.86. The number of aryl methyl sites for hydroxylation is 1. The smallest absolute Gasteiger partial charge is 0.297 e. The zero-order valence-electron chi connectivity index (χ0n) is 14.7. The molecule has 2 N–H and O–H groups in total. The maximum Gasteiger partial charge on any atom is 0.333 e. The van der Waals surface area contributed by atoms with Crippen LogP contribution in [-0.2, 0) is 10.0 Å². The lowest BCUT2D eigenvalue weighted by atomic mass is 10.2. The quantitative estimate of drug-likeness (QED) is 0.534. The van der Waals surface area contributed by atoms with Crippen molar-refractivity contribution in [2.24, 2.45) is 0 Å². The van der Waals surface area contributed by atoms with Crippen LogP contribution in [0.5, 0.6) is 0 Å². The second kappa shape index (κ2) is 7.06. The van der Waals surface area contributed by atoms with Crippen LogP contribution in [0.1, 0.15) is 5.01 Å². The maximum absolute atomic E-state index is 12.6. The van der Waals surface area contributed by atoms with Crippen LogP contribution in [0, 0.1) is 6.92 Å². The van der Waals surface area contributed by atoms with Crippen molar-refractivity contribution in [2.75, 3.05) is 5.32 Å². The molecule has 0 spiro atoms. The average molecular weight is 413 g/mol. The van der Waals surface area contributed by atoms with Crippen molar-refractivity contribution >= 4 is 38.0 Å². The SMILES string of the molecule is Cc1nc(-c2ccccc2)c(NC(=O)NS(=O)(=O)c2cnc3ccccn23)s1. The van der Waals surface area contributed by atoms with E-state index in [-0.39, 0.29) is 5.03 Å². The molecule has 0 saturated heterocycles. The number of imidazole rings is 1. The molecular formula is C18H15N5O3S2. The molecule has 28 heavy (non-hydrogen) atoms. The largest absolute Gasteiger partial charge is 0.333 e. The summed E-state index contributed by atoms with van der Waals surface area (Å²) in [5.74, 6) is 0. The van der Waals surface area contributed by atoms with Crippen molar-refractivity contribution in [1.82, 2.24) is 19.1 Å². The Morgan fingerprint density at radius 1 is 1.11 bits per heavy atom. The van der Waals surface area contributed by atoms with Gasteiger partial charge in [-0.15, -0.1) is 11.3 Å². The summed E-state index contributed by atoms with van der Waals surface area (Å²) in [5.41, 5.74) is 1.88. The van der Waals surface area contributed by atoms with Crippen LogP contribution in [0.2, 0.25) is 0 Å². The number of nitrogens with zero attached hydrogens (tertiary/aromatic N) is 3. The minimum atomic E-state index is -4.11. The summed E-state index contributed by atoms with van der Waals surface area (Å²) in [4.78, 5) is 20.9. The third kappa shape index (κ3) is 3.47. The summed E-state index contributed by atoms with van der Waals surface area (Å²) < 4.78 is 28.7. The molecule has 0 aliphatic heterocycles. The van der Waals surface area contributed by atoms with Crippen LogP contribution < -0.4 is 10.0 Å². The molecule has 8 nitrogen and oxygen atoms in total. The minimum Gasteiger partial charge on any atom is -0.297 e. The van der Waals surface area contributed by atoms with Gasteiger partial charge in [0.05, 0.1) is 11.2 Å². The standard InChI is InChI=1S/C18H15N5O3S2/c1-12-20-16(13-7-3-2-4-8-13)17(27-12)21-18(24)22-28(25,26)15-11-19-14-9-5-6-10-23(14)15/h2-11H,1H3,(H2,21,22,24). The van der Waals surface area contributed by atoms with Gasteiger partial charge in [-0.05, 0) is 19.1 Å². The molecule has 2 amide bonds. The van der Waals surface area contributed by atoms with E-state index in [0.717, 1.165) is 10.6 Å². The van der Waals surface area contributed by atoms with Crippen molar-refractivity contribution in [3.63, 3.8) is 0 Å². The molecule has 0 aliphatic rings. The number of carbonyl (C=O) groups is 1. The third-order valence-electron chi connectivity index (χ3n) is 3.89. The second-order valence-corrected chi connectivity index (χ2v) is 8.69. The predicted molar refractivity (Wildman–Crippen MR) is 107 cm³/mol. The Morgan fingerprint density at radius 3 is 2.64 bits per heavy atom. The number of anilines is 1. The highest BCUT2D eigenvalue weighted by atomic mass is 32.2. The van der Waals surface area contributed by atoms with Crippen molar-refractivity contribution in [3.8, 4) is 11.3 Å². The first-order chi connectivity index (χ1) is 13.4. The van der Waals surface area contributed by atoms with E-state index in [1.165, 1.54) is 21.9 Å². The van der Waals surface area contributed by atoms with Crippen molar-refractivity contribution in [2.45, 2.75) is 11.9 Å². The zero-order valence-corrected chi connectivity index (χ0v) is 16.3. The molecule has 0 unspecified atom stereocenters. The van der Waals surface area contributed by atoms with Crippen LogP contribution in [0.25, 0.3) is 16.9 Å². The number of rotatable bonds is 4. The number of benzene rings is 1. The van der Waals surface area contributed by atoms with Gasteiger partial charge in [0.25, 0.3) is 10.0 Å². The molecule has 0 bridgehead atoms. The summed E-state index contributed by atoms with van der Waals surface area (Å²) in [6, 6.07) is 13.6. The number of urea groups is 1. The molecular weight excluding hydrogens is 398 g/mol. The van der Waals surface area contributed by atoms with Gasteiger partial charge in [0, 0.05) is 11.8 Å². The van der Waals surface area contributed by atoms with Crippen molar-refractivity contribution < 1.29 is 13.2 Å². The number of hydrogen-bond acceptors (Lipinski definition) is 6. The third-order valence-corrected chi connectivity index (χ3v) is 6.09. The number of amides is 2. The summed E-state index contributed by atoms with van der Waals surface area (Å²) in [5, 5.41) is 3.69. The van der Waals surface area contributed by atoms with Crippen LogP contribution in [0.4, 0.5) is 9.80 Å². The van der Waals surface area contributed by atoms with E-state index in [0.29, 0.717) is 16.3 Å². The number of thiazole rings is 1. The van der Waals surface area contributed by atoms with Gasteiger partial charge < -0.3 is 0 Å². The van der Waals surface area contributed by atoms with Gasteiger partial charge in [0.1, 0.15) is 16.3 Å². The molecule has 0 saturated carbocycles. The van der Waals surface area contributed by atoms with E-state index in [9.17, 15) is 13.2 Å². The molecule has 4 aromatic rings. The lowest BCUT2D eigenvalue weighted by molar-refractivity contribution is 0.256. The Hall–Kier alpha value is -3.24. The number of aromatic nitrogens is 3. The summed E-state index contributed by atoms with van der Waals surface area (Å²) in [7, 11) is -4.11. The van der Waals surface area contributed by atoms with Gasteiger partial charge in [-0.2, -0.15) is 8.42 Å². The highest BCUT2D eigenvalue weighted by molar-refractivity contribution is 7.90. The molecule has 10 heteroatoms. The first-order valence-corrected chi connectivity index (χ1v) is 10.5. The van der Waals surface area contributed by atoms with Crippen LogP contribution >= 0.6 is 11.3 Å². The predicted octanol–water partition coefficient (Wildman–Crippen LogP) is 3.28. The Bertz CT molecular complexity index is 1260. The summed E-state index contributed by atoms with van der Waals surface area (Å²) in [6.07, 6.45) is 2.77. The van der Waals surface area contributed by atoms with Gasteiger partial charge in [0.15, 0.2) is 5.03 Å². The first-order valence-electron chi connectivity index (χ1n) is 8.23. The molecule has 0 fully saturated rings. The topological polar surface area (TPSA) is 105 Å². The fraction of sp³-hybridized carbons (Fsp3) is 0.0556. The molecule has 142 valence electrons. The maximum atomic E-state index is 12.6. The number of fused-ring (bicyclic) bond motifs is 1. The monoisotopic (exact) mass is 413 g/mol. The molecule has 1 aromatic carbocycles. The van der Waals surface area contributed by atoms with Gasteiger partial charge in [-0.1, -0.05) is 36.4 Å². The normalized spacial score (nSPS) is 11.5. The average Bonchev–Trinajstić information content (AvgIpc) is 3.26. The van der Waals surface area contributed by atoms with Crippen molar-refractivity contribution in [1.29, 1.82) is 0 Å². The fourth-order valence-electron chi connectivity index (χ4n) is 2.71. The van der Waals surface area contributed by atoms with E-state index in [4.69, 9.17) is 0 Å². The fourth-order valence-corrected chi connectivity index (χ4v) is 4.56. The zero-order chi connectivity index (χ0) is 19.7. The van der Waals surface area contributed by atoms with Gasteiger partial charge in [0.2, 0.25) is 0 Å². The number of pyridine rings is 1. The molecule has 0 radical (unpaired) electrons. The number of nitrogens with one attached hydrogen (secondary N) is 2. The molecule has 3 heterocycles. The number of sulfonamides is 1. The number of hydrogen-bond donors (Lipinski definition) is 2. The first kappa shape index (κ1) is 18.1. The van der Waals surface area contributed by atoms with Gasteiger partial charge >= 0.3 is 6.03 Å². The number of carbonyl (C=O) groups excluding carboxylic acids is 1. The van der Waals surface area contributed by atoms with E-state index in [1.54, 1.807) is 24.4 Å². The van der Waals surface area contributed by atoms with Crippen LogP contribution in [-0.4, -0.2) is 28.8 Å². The highest BCUT2D eigenvalue weighted by Gasteiger charge is 2.23. The molecule has 0 atom stereocenters. The van der Waals surface area contributed by atoms with Gasteiger partial charge in [-0.25, -0.2) is 19.5 Å². The Labute approximate surface area is 164 Å². The Balaban J connectivity index is 1.59. The van der Waals surface area contributed by atoms with Crippen LogP contribution in [0.3, 0.4) is 0 Å². The molecule has 3 aromatic heterocycles. The van der Waals surface area contributed by atoms with Gasteiger partial charge in [-0.3, -0.25) is 9.72 Å². The highest BCUT2D eigenvalue weighted by Crippen LogP contribution is 2.32. The van der Waals surface area contributed by atoms with E-state index in [2.05, 4.69) is 15.3 Å². The summed E-state index contributed by atoms with van der Waals surface area (Å²) in [6.45, 7) is 1.81.